The first-order chi connectivity index (χ1) is 23.5. The number of nitrogens with zero attached hydrogens (tertiary/aromatic N) is 4. The van der Waals surface area contributed by atoms with Gasteiger partial charge in [0.05, 0.1) is 23.6 Å². The van der Waals surface area contributed by atoms with Crippen LogP contribution >= 0.6 is 0 Å². The molecule has 0 spiro atoms. The lowest BCUT2D eigenvalue weighted by Gasteiger charge is -2.34. The number of imidazole rings is 1. The molecule has 0 amide bonds. The molecule has 2 atom stereocenters. The maximum atomic E-state index is 13.8. The second-order valence-corrected chi connectivity index (χ2v) is 12.9. The zero-order valence-corrected chi connectivity index (χ0v) is 27.6. The molecule has 3 aromatic carbocycles. The molecule has 1 aliphatic carbocycles. The van der Waals surface area contributed by atoms with Crippen LogP contribution in [0.3, 0.4) is 0 Å². The third-order valence-corrected chi connectivity index (χ3v) is 9.67. The molecule has 248 valence electrons. The van der Waals surface area contributed by atoms with Crippen LogP contribution in [0.4, 0.5) is 5.69 Å². The number of fused-ring (bicyclic) bond motifs is 1. The van der Waals surface area contributed by atoms with Gasteiger partial charge in [0.2, 0.25) is 11.8 Å². The van der Waals surface area contributed by atoms with Crippen LogP contribution < -0.4 is 20.1 Å². The highest BCUT2D eigenvalue weighted by atomic mass is 16.5. The molecule has 5 aromatic rings. The van der Waals surface area contributed by atoms with Crippen LogP contribution in [-0.2, 0) is 29.8 Å². The predicted molar refractivity (Wildman–Crippen MR) is 186 cm³/mol. The van der Waals surface area contributed by atoms with Crippen molar-refractivity contribution in [2.45, 2.75) is 45.8 Å². The number of aromatic nitrogens is 3. The smallest absolute Gasteiger partial charge is 0.333 e. The fraction of sp³-hybridized carbons (Fsp3) is 0.359. The Morgan fingerprint density at radius 3 is 2.23 bits per heavy atom. The number of hydrogen-bond acceptors (Lipinski definition) is 7. The van der Waals surface area contributed by atoms with E-state index < -0.39 is 0 Å². The lowest BCUT2D eigenvalue weighted by Crippen LogP contribution is -2.33. The van der Waals surface area contributed by atoms with Gasteiger partial charge in [0.1, 0.15) is 18.9 Å². The monoisotopic (exact) mass is 646 g/mol. The minimum atomic E-state index is -0.175. The molecule has 2 fully saturated rings. The number of piperidine rings is 1. The Labute approximate surface area is 280 Å². The van der Waals surface area contributed by atoms with Crippen LogP contribution in [0.15, 0.2) is 95.8 Å². The van der Waals surface area contributed by atoms with E-state index in [1.165, 1.54) is 0 Å². The quantitative estimate of drug-likeness (QED) is 0.140. The minimum Gasteiger partial charge on any atom is -0.473 e. The molecule has 2 unspecified atom stereocenters. The van der Waals surface area contributed by atoms with Crippen molar-refractivity contribution < 1.29 is 19.0 Å². The number of aryl methyl sites for hydroxylation is 1. The highest BCUT2D eigenvalue weighted by Crippen LogP contribution is 2.46. The van der Waals surface area contributed by atoms with Crippen LogP contribution in [0, 0.1) is 17.8 Å². The Morgan fingerprint density at radius 2 is 1.54 bits per heavy atom. The molecule has 0 bridgehead atoms. The largest absolute Gasteiger partial charge is 0.473 e. The van der Waals surface area contributed by atoms with Gasteiger partial charge in [-0.1, -0.05) is 60.7 Å². The molecular formula is C39H42N4O5. The van der Waals surface area contributed by atoms with Gasteiger partial charge in [-0.2, -0.15) is 4.98 Å². The van der Waals surface area contributed by atoms with Gasteiger partial charge >= 0.3 is 11.7 Å². The summed E-state index contributed by atoms with van der Waals surface area (Å²) in [6.07, 6.45) is 4.26. The van der Waals surface area contributed by atoms with Gasteiger partial charge in [-0.05, 0) is 79.8 Å². The van der Waals surface area contributed by atoms with Crippen molar-refractivity contribution in [2.24, 2.45) is 24.8 Å². The first kappa shape index (κ1) is 31.5. The summed E-state index contributed by atoms with van der Waals surface area (Å²) in [4.78, 5) is 33.0. The van der Waals surface area contributed by atoms with E-state index >= 15 is 0 Å². The van der Waals surface area contributed by atoms with Crippen molar-refractivity contribution in [3.05, 3.63) is 113 Å². The van der Waals surface area contributed by atoms with Gasteiger partial charge in [-0.3, -0.25) is 13.9 Å². The van der Waals surface area contributed by atoms with Crippen LogP contribution in [0.5, 0.6) is 11.8 Å². The Bertz CT molecular complexity index is 1930. The summed E-state index contributed by atoms with van der Waals surface area (Å²) in [7, 11) is 1.81. The lowest BCUT2D eigenvalue weighted by atomic mass is 9.90. The van der Waals surface area contributed by atoms with Crippen molar-refractivity contribution >= 4 is 22.7 Å². The normalized spacial score (nSPS) is 17.8. The lowest BCUT2D eigenvalue weighted by molar-refractivity contribution is -0.145. The van der Waals surface area contributed by atoms with E-state index in [1.807, 2.05) is 86.8 Å². The molecule has 2 aliphatic rings. The number of ether oxygens (including phenoxy) is 3. The predicted octanol–water partition coefficient (Wildman–Crippen LogP) is 6.69. The molecular weight excluding hydrogens is 604 g/mol. The zero-order chi connectivity index (χ0) is 33.0. The Kier molecular flexibility index (Phi) is 9.18. The van der Waals surface area contributed by atoms with E-state index in [4.69, 9.17) is 19.2 Å². The molecule has 7 rings (SSSR count). The number of rotatable bonds is 12. The number of carbonyl (C=O) groups is 1. The van der Waals surface area contributed by atoms with Gasteiger partial charge in [0.25, 0.3) is 0 Å². The maximum absolute atomic E-state index is 13.8. The zero-order valence-electron chi connectivity index (χ0n) is 27.6. The third-order valence-electron chi connectivity index (χ3n) is 9.67. The molecule has 2 aromatic heterocycles. The highest BCUT2D eigenvalue weighted by molar-refractivity contribution is 5.82. The van der Waals surface area contributed by atoms with Crippen molar-refractivity contribution in [3.63, 3.8) is 0 Å². The Balaban J connectivity index is 1.11. The fourth-order valence-electron chi connectivity index (χ4n) is 6.89. The van der Waals surface area contributed by atoms with E-state index in [2.05, 4.69) is 17.0 Å². The molecule has 9 heteroatoms. The van der Waals surface area contributed by atoms with Crippen LogP contribution in [0.2, 0.25) is 0 Å². The SMILES string of the molecule is CCOC(=O)C1CC1CC1CCN(c2ccc3c(c2)n(C)c(=O)n3-c2ccc(OCc3ccccc3)nc2OCc2ccccc2)CC1. The van der Waals surface area contributed by atoms with Crippen molar-refractivity contribution in [1.82, 2.24) is 14.1 Å². The molecule has 1 saturated heterocycles. The third kappa shape index (κ3) is 6.81. The first-order valence-corrected chi connectivity index (χ1v) is 17.0. The second kappa shape index (κ2) is 14.0. The van der Waals surface area contributed by atoms with E-state index in [0.717, 1.165) is 66.6 Å². The topological polar surface area (TPSA) is 87.8 Å². The molecule has 1 saturated carbocycles. The number of anilines is 1. The van der Waals surface area contributed by atoms with Gasteiger partial charge in [-0.15, -0.1) is 0 Å². The standard InChI is InChI=1S/C39H42N4O5/c1-3-46-38(44)32-23-30(32)22-27-18-20-42(21-19-27)31-14-15-33-35(24-31)41(2)39(45)43(33)34-16-17-36(47-25-28-10-6-4-7-11-28)40-37(34)48-26-29-12-8-5-9-13-29/h4-17,24,27,30,32H,3,18-23,25-26H2,1-2H3. The Morgan fingerprint density at radius 1 is 0.854 bits per heavy atom. The van der Waals surface area contributed by atoms with E-state index in [9.17, 15) is 9.59 Å². The van der Waals surface area contributed by atoms with Gasteiger partial charge in [0, 0.05) is 31.9 Å². The molecule has 0 N–H and O–H groups in total. The Hall–Kier alpha value is -5.05. The molecule has 9 nitrogen and oxygen atoms in total. The summed E-state index contributed by atoms with van der Waals surface area (Å²) in [5, 5.41) is 0. The summed E-state index contributed by atoms with van der Waals surface area (Å²) in [6, 6.07) is 29.7. The van der Waals surface area contributed by atoms with E-state index in [-0.39, 0.29) is 17.6 Å². The first-order valence-electron chi connectivity index (χ1n) is 17.0. The number of esters is 1. The summed E-state index contributed by atoms with van der Waals surface area (Å²) >= 11 is 0. The second-order valence-electron chi connectivity index (χ2n) is 12.9. The molecule has 0 radical (unpaired) electrons. The summed E-state index contributed by atoms with van der Waals surface area (Å²) in [5.41, 5.74) is 5.14. The summed E-state index contributed by atoms with van der Waals surface area (Å²) in [5.74, 6) is 1.93. The number of carbonyl (C=O) groups excluding carboxylic acids is 1. The summed E-state index contributed by atoms with van der Waals surface area (Å²) in [6.45, 7) is 4.89. The number of benzene rings is 3. The molecule has 48 heavy (non-hydrogen) atoms. The average Bonchev–Trinajstić information content (AvgIpc) is 3.85. The van der Waals surface area contributed by atoms with Gasteiger partial charge in [-0.25, -0.2) is 4.79 Å². The number of pyridine rings is 1. The van der Waals surface area contributed by atoms with Crippen LogP contribution in [0.1, 0.15) is 43.7 Å². The number of hydrogen-bond donors (Lipinski definition) is 0. The van der Waals surface area contributed by atoms with Crippen LogP contribution in [-0.4, -0.2) is 39.8 Å². The average molecular weight is 647 g/mol. The molecule has 1 aliphatic heterocycles. The highest BCUT2D eigenvalue weighted by Gasteiger charge is 2.45. The van der Waals surface area contributed by atoms with E-state index in [1.54, 1.807) is 15.2 Å². The van der Waals surface area contributed by atoms with E-state index in [0.29, 0.717) is 49.1 Å². The van der Waals surface area contributed by atoms with Crippen molar-refractivity contribution in [3.8, 4) is 17.4 Å². The minimum absolute atomic E-state index is 0.0243. The van der Waals surface area contributed by atoms with Crippen LogP contribution in [0.25, 0.3) is 16.7 Å². The van der Waals surface area contributed by atoms with Gasteiger partial charge in [0.15, 0.2) is 0 Å². The molecule has 3 heterocycles. The van der Waals surface area contributed by atoms with Crippen molar-refractivity contribution in [2.75, 3.05) is 24.6 Å². The van der Waals surface area contributed by atoms with Crippen molar-refractivity contribution in [1.29, 1.82) is 0 Å². The summed E-state index contributed by atoms with van der Waals surface area (Å²) < 4.78 is 20.9. The maximum Gasteiger partial charge on any atom is 0.333 e. The fourth-order valence-corrected chi connectivity index (χ4v) is 6.89. The van der Waals surface area contributed by atoms with Gasteiger partial charge < -0.3 is 19.1 Å².